The molecule has 2 aromatic rings. The number of aliphatic hydroxyl groups is 1. The number of benzene rings is 1. The maximum atomic E-state index is 14.0. The Labute approximate surface area is 151 Å². The number of anilines is 2. The van der Waals surface area contributed by atoms with E-state index in [2.05, 4.69) is 17.2 Å². The zero-order valence-corrected chi connectivity index (χ0v) is 14.9. The van der Waals surface area contributed by atoms with Crippen molar-refractivity contribution >= 4 is 11.5 Å². The summed E-state index contributed by atoms with van der Waals surface area (Å²) in [7, 11) is 0. The number of nitrogens with zero attached hydrogens (tertiary/aromatic N) is 1. The Bertz CT molecular complexity index is 862. The van der Waals surface area contributed by atoms with Crippen LogP contribution in [-0.4, -0.2) is 22.4 Å². The van der Waals surface area contributed by atoms with E-state index in [-0.39, 0.29) is 29.2 Å². The van der Waals surface area contributed by atoms with Crippen LogP contribution in [0.2, 0.25) is 0 Å². The Morgan fingerprint density at radius 3 is 2.73 bits per heavy atom. The van der Waals surface area contributed by atoms with Crippen LogP contribution in [0.1, 0.15) is 38.3 Å². The molecule has 5 nitrogen and oxygen atoms in total. The maximum absolute atomic E-state index is 14.0. The van der Waals surface area contributed by atoms with Gasteiger partial charge in [-0.15, -0.1) is 0 Å². The Kier molecular flexibility index (Phi) is 4.23. The van der Waals surface area contributed by atoms with Gasteiger partial charge in [-0.2, -0.15) is 0 Å². The van der Waals surface area contributed by atoms with Gasteiger partial charge in [-0.05, 0) is 43.9 Å². The number of hydrogen-bond donors (Lipinski definition) is 3. The lowest BCUT2D eigenvalue weighted by atomic mass is 9.80. The van der Waals surface area contributed by atoms with Crippen LogP contribution < -0.4 is 15.6 Å². The summed E-state index contributed by atoms with van der Waals surface area (Å²) in [5.41, 5.74) is 1.57. The molecule has 1 aromatic heterocycles. The van der Waals surface area contributed by atoms with Crippen LogP contribution in [-0.2, 0) is 0 Å². The average molecular weight is 357 g/mol. The zero-order valence-electron chi connectivity index (χ0n) is 14.9. The smallest absolute Gasteiger partial charge is 0.183 e. The van der Waals surface area contributed by atoms with Crippen molar-refractivity contribution in [2.75, 3.05) is 10.2 Å². The maximum Gasteiger partial charge on any atom is 0.183 e. The van der Waals surface area contributed by atoms with Crippen LogP contribution in [0.5, 0.6) is 0 Å². The predicted molar refractivity (Wildman–Crippen MR) is 99.7 cm³/mol. The lowest BCUT2D eigenvalue weighted by molar-refractivity contribution is 0.151. The van der Waals surface area contributed by atoms with Crippen LogP contribution in [0, 0.1) is 17.7 Å². The summed E-state index contributed by atoms with van der Waals surface area (Å²) in [5.74, 6) is 0.969. The number of nitrogens with one attached hydrogen (secondary N) is 2. The average Bonchev–Trinajstić information content (AvgIpc) is 3.41. The van der Waals surface area contributed by atoms with Crippen LogP contribution in [0.4, 0.5) is 15.9 Å². The lowest BCUT2D eigenvalue weighted by Crippen LogP contribution is -2.52. The van der Waals surface area contributed by atoms with Crippen LogP contribution in [0.3, 0.4) is 0 Å². The van der Waals surface area contributed by atoms with Crippen molar-refractivity contribution in [2.45, 2.75) is 45.0 Å². The van der Waals surface area contributed by atoms with Gasteiger partial charge in [0.05, 0.1) is 6.04 Å². The molecule has 0 amide bonds. The fourth-order valence-corrected chi connectivity index (χ4v) is 4.35. The van der Waals surface area contributed by atoms with E-state index in [0.29, 0.717) is 11.7 Å². The first kappa shape index (κ1) is 17.1. The molecule has 138 valence electrons. The van der Waals surface area contributed by atoms with E-state index in [1.807, 2.05) is 4.90 Å². The number of H-pyrrole nitrogens is 1. The highest BCUT2D eigenvalue weighted by Gasteiger charge is 2.47. The van der Waals surface area contributed by atoms with Crippen molar-refractivity contribution in [3.8, 4) is 0 Å². The molecule has 3 N–H and O–H groups in total. The first-order valence-corrected chi connectivity index (χ1v) is 9.17. The molecule has 1 aliphatic carbocycles. The highest BCUT2D eigenvalue weighted by Crippen LogP contribution is 2.50. The van der Waals surface area contributed by atoms with Gasteiger partial charge in [0, 0.05) is 41.5 Å². The number of aromatic nitrogens is 1. The van der Waals surface area contributed by atoms with Crippen molar-refractivity contribution in [1.29, 1.82) is 0 Å². The number of pyridine rings is 1. The van der Waals surface area contributed by atoms with Crippen LogP contribution >= 0.6 is 0 Å². The molecule has 26 heavy (non-hydrogen) atoms. The van der Waals surface area contributed by atoms with E-state index in [1.165, 1.54) is 24.3 Å². The van der Waals surface area contributed by atoms with Gasteiger partial charge in [0.15, 0.2) is 5.43 Å². The van der Waals surface area contributed by atoms with E-state index < -0.39 is 6.23 Å². The largest absolute Gasteiger partial charge is 0.374 e. The van der Waals surface area contributed by atoms with Gasteiger partial charge < -0.3 is 20.3 Å². The highest BCUT2D eigenvalue weighted by atomic mass is 19.1. The molecule has 1 unspecified atom stereocenters. The number of aliphatic hydroxyl groups excluding tert-OH is 1. The minimum Gasteiger partial charge on any atom is -0.374 e. The molecule has 4 atom stereocenters. The molecule has 1 fully saturated rings. The SMILES string of the molecule is CC(O)N1c2ccc(F)cc2[C@H](Nc2cc(=O)cc[nH]2)[C@@H](C)[C@@H]1C1CC1. The van der Waals surface area contributed by atoms with Crippen molar-refractivity contribution in [3.63, 3.8) is 0 Å². The number of halogens is 1. The minimum absolute atomic E-state index is 0.0847. The third-order valence-electron chi connectivity index (χ3n) is 5.58. The summed E-state index contributed by atoms with van der Waals surface area (Å²) in [5, 5.41) is 13.8. The van der Waals surface area contributed by atoms with Crippen molar-refractivity contribution in [2.24, 2.45) is 11.8 Å². The summed E-state index contributed by atoms with van der Waals surface area (Å²) in [6.45, 7) is 3.89. The van der Waals surface area contributed by atoms with E-state index in [4.69, 9.17) is 0 Å². The Morgan fingerprint density at radius 1 is 1.31 bits per heavy atom. The van der Waals surface area contributed by atoms with Gasteiger partial charge in [0.1, 0.15) is 17.9 Å². The fourth-order valence-electron chi connectivity index (χ4n) is 4.35. The third kappa shape index (κ3) is 2.98. The second kappa shape index (κ2) is 6.43. The predicted octanol–water partition coefficient (Wildman–Crippen LogP) is 3.24. The van der Waals surface area contributed by atoms with E-state index in [1.54, 1.807) is 19.2 Å². The number of hydrogen-bond acceptors (Lipinski definition) is 4. The normalized spacial score (nSPS) is 26.3. The molecular weight excluding hydrogens is 333 g/mol. The molecule has 6 heteroatoms. The summed E-state index contributed by atoms with van der Waals surface area (Å²) in [6.07, 6.45) is 3.24. The molecule has 2 heterocycles. The van der Waals surface area contributed by atoms with Gasteiger partial charge in [-0.1, -0.05) is 6.92 Å². The molecule has 1 aliphatic heterocycles. The van der Waals surface area contributed by atoms with Gasteiger partial charge in [0.25, 0.3) is 0 Å². The van der Waals surface area contributed by atoms with E-state index in [0.717, 1.165) is 24.1 Å². The highest BCUT2D eigenvalue weighted by molar-refractivity contribution is 5.61. The van der Waals surface area contributed by atoms with Gasteiger partial charge >= 0.3 is 0 Å². The molecule has 1 saturated carbocycles. The van der Waals surface area contributed by atoms with Crippen molar-refractivity contribution in [3.05, 3.63) is 58.1 Å². The monoisotopic (exact) mass is 357 g/mol. The quantitative estimate of drug-likeness (QED) is 0.786. The lowest BCUT2D eigenvalue weighted by Gasteiger charge is -2.48. The fraction of sp³-hybridized carbons (Fsp3) is 0.450. The summed E-state index contributed by atoms with van der Waals surface area (Å²) in [4.78, 5) is 16.8. The first-order valence-electron chi connectivity index (χ1n) is 9.17. The first-order chi connectivity index (χ1) is 12.5. The van der Waals surface area contributed by atoms with E-state index >= 15 is 0 Å². The number of rotatable bonds is 4. The van der Waals surface area contributed by atoms with E-state index in [9.17, 15) is 14.3 Å². The molecule has 2 aliphatic rings. The Balaban J connectivity index is 1.80. The standard InChI is InChI=1S/C20H24FN3O2/c1-11-19(23-18-10-15(26)7-8-22-18)16-9-14(21)5-6-17(16)24(12(2)25)20(11)13-3-4-13/h5-13,19-20,25H,3-4H2,1-2H3,(H2,22,23,26)/t11-,12?,19-,20-/m1/s1. The molecule has 0 bridgehead atoms. The topological polar surface area (TPSA) is 68.4 Å². The molecule has 1 aromatic carbocycles. The minimum atomic E-state index is -0.648. The molecule has 0 radical (unpaired) electrons. The zero-order chi connectivity index (χ0) is 18.4. The van der Waals surface area contributed by atoms with Crippen molar-refractivity contribution < 1.29 is 9.50 Å². The number of fused-ring (bicyclic) bond motifs is 1. The van der Waals surface area contributed by atoms with Gasteiger partial charge in [-0.25, -0.2) is 4.39 Å². The molecule has 4 rings (SSSR count). The summed E-state index contributed by atoms with van der Waals surface area (Å²) in [6, 6.07) is 7.71. The van der Waals surface area contributed by atoms with Crippen molar-refractivity contribution in [1.82, 2.24) is 4.98 Å². The summed E-state index contributed by atoms with van der Waals surface area (Å²) < 4.78 is 14.0. The summed E-state index contributed by atoms with van der Waals surface area (Å²) >= 11 is 0. The second-order valence-corrected chi connectivity index (χ2v) is 7.49. The Hall–Kier alpha value is -2.34. The van der Waals surface area contributed by atoms with Crippen LogP contribution in [0.25, 0.3) is 0 Å². The molecule has 0 saturated heterocycles. The number of aromatic amines is 1. The second-order valence-electron chi connectivity index (χ2n) is 7.49. The third-order valence-corrected chi connectivity index (χ3v) is 5.58. The molecule has 0 spiro atoms. The Morgan fingerprint density at radius 2 is 2.08 bits per heavy atom. The van der Waals surface area contributed by atoms with Gasteiger partial charge in [-0.3, -0.25) is 4.79 Å². The van der Waals surface area contributed by atoms with Crippen LogP contribution in [0.15, 0.2) is 41.3 Å². The van der Waals surface area contributed by atoms with Gasteiger partial charge in [0.2, 0.25) is 0 Å². The molecular formula is C20H24FN3O2.